The van der Waals surface area contributed by atoms with Gasteiger partial charge < -0.3 is 14.7 Å². The SMILES string of the molecule is COC(=O)C[C@H]1CCCN1C(=O)c1cccc(C#CCO)c1. The largest absolute Gasteiger partial charge is 0.469 e. The molecule has 5 heteroatoms. The Morgan fingerprint density at radius 3 is 3.00 bits per heavy atom. The molecule has 0 radical (unpaired) electrons. The fraction of sp³-hybridized carbons (Fsp3) is 0.412. The molecule has 1 heterocycles. The van der Waals surface area contributed by atoms with Gasteiger partial charge in [0.25, 0.3) is 5.91 Å². The number of carbonyl (C=O) groups excluding carboxylic acids is 2. The van der Waals surface area contributed by atoms with Crippen LogP contribution in [0.4, 0.5) is 0 Å². The molecule has 1 aromatic carbocycles. The van der Waals surface area contributed by atoms with Gasteiger partial charge in [0.05, 0.1) is 13.5 Å². The third kappa shape index (κ3) is 3.86. The summed E-state index contributed by atoms with van der Waals surface area (Å²) in [5.41, 5.74) is 1.23. The van der Waals surface area contributed by atoms with Gasteiger partial charge in [0.2, 0.25) is 0 Å². The highest BCUT2D eigenvalue weighted by Crippen LogP contribution is 2.23. The van der Waals surface area contributed by atoms with Crippen molar-refractivity contribution >= 4 is 11.9 Å². The fourth-order valence-electron chi connectivity index (χ4n) is 2.63. The first-order valence-corrected chi connectivity index (χ1v) is 7.23. The minimum atomic E-state index is -0.299. The Balaban J connectivity index is 2.14. The molecule has 5 nitrogen and oxygen atoms in total. The van der Waals surface area contributed by atoms with E-state index in [1.54, 1.807) is 29.2 Å². The standard InChI is InChI=1S/C17H19NO4/c1-22-16(20)12-15-8-3-9-18(15)17(21)14-7-2-5-13(11-14)6-4-10-19/h2,5,7,11,15,19H,3,8-10,12H2,1H3/t15-/m1/s1. The number of methoxy groups -OCH3 is 1. The molecule has 1 N–H and O–H groups in total. The molecule has 0 aliphatic carbocycles. The summed E-state index contributed by atoms with van der Waals surface area (Å²) in [5.74, 6) is 4.95. The summed E-state index contributed by atoms with van der Waals surface area (Å²) in [5, 5.41) is 8.73. The lowest BCUT2D eigenvalue weighted by atomic mass is 10.1. The summed E-state index contributed by atoms with van der Waals surface area (Å²) in [6, 6.07) is 6.89. The summed E-state index contributed by atoms with van der Waals surface area (Å²) in [6.45, 7) is 0.429. The highest BCUT2D eigenvalue weighted by Gasteiger charge is 2.31. The van der Waals surface area contributed by atoms with Crippen molar-refractivity contribution in [1.82, 2.24) is 4.90 Å². The van der Waals surface area contributed by atoms with Crippen molar-refractivity contribution in [3.8, 4) is 11.8 Å². The average Bonchev–Trinajstić information content (AvgIpc) is 3.00. The zero-order chi connectivity index (χ0) is 15.9. The van der Waals surface area contributed by atoms with Crippen molar-refractivity contribution in [3.05, 3.63) is 35.4 Å². The predicted octanol–water partition coefficient (Wildman–Crippen LogP) is 1.20. The van der Waals surface area contributed by atoms with E-state index in [9.17, 15) is 9.59 Å². The van der Waals surface area contributed by atoms with Crippen LogP contribution in [0.1, 0.15) is 35.2 Å². The number of ether oxygens (including phenoxy) is 1. The van der Waals surface area contributed by atoms with Crippen LogP contribution in [0.3, 0.4) is 0 Å². The van der Waals surface area contributed by atoms with E-state index in [4.69, 9.17) is 9.84 Å². The predicted molar refractivity (Wildman–Crippen MR) is 81.1 cm³/mol. The number of aliphatic hydroxyl groups excluding tert-OH is 1. The van der Waals surface area contributed by atoms with Gasteiger partial charge in [-0.25, -0.2) is 0 Å². The molecule has 1 fully saturated rings. The molecule has 0 saturated carbocycles. The summed E-state index contributed by atoms with van der Waals surface area (Å²) in [7, 11) is 1.35. The number of nitrogens with zero attached hydrogens (tertiary/aromatic N) is 1. The Hall–Kier alpha value is -2.32. The molecule has 1 aromatic rings. The molecule has 1 amide bonds. The molecule has 22 heavy (non-hydrogen) atoms. The molecule has 0 bridgehead atoms. The van der Waals surface area contributed by atoms with Crippen molar-refractivity contribution in [2.75, 3.05) is 20.3 Å². The molecule has 0 aromatic heterocycles. The first-order chi connectivity index (χ1) is 10.7. The van der Waals surface area contributed by atoms with Crippen molar-refractivity contribution in [2.24, 2.45) is 0 Å². The number of hydrogen-bond donors (Lipinski definition) is 1. The maximum atomic E-state index is 12.6. The van der Waals surface area contributed by atoms with Gasteiger partial charge in [0.15, 0.2) is 0 Å². The lowest BCUT2D eigenvalue weighted by molar-refractivity contribution is -0.141. The van der Waals surface area contributed by atoms with Gasteiger partial charge in [0, 0.05) is 23.7 Å². The van der Waals surface area contributed by atoms with Gasteiger partial charge >= 0.3 is 5.97 Å². The normalized spacial score (nSPS) is 16.8. The van der Waals surface area contributed by atoms with E-state index in [0.29, 0.717) is 17.7 Å². The van der Waals surface area contributed by atoms with E-state index >= 15 is 0 Å². The zero-order valence-corrected chi connectivity index (χ0v) is 12.5. The Bertz CT molecular complexity index is 615. The first kappa shape index (κ1) is 16.1. The van der Waals surface area contributed by atoms with Crippen molar-refractivity contribution in [1.29, 1.82) is 0 Å². The summed E-state index contributed by atoms with van der Waals surface area (Å²) in [4.78, 5) is 25.8. The van der Waals surface area contributed by atoms with Crippen molar-refractivity contribution < 1.29 is 19.4 Å². The molecule has 0 spiro atoms. The van der Waals surface area contributed by atoms with Gasteiger partial charge in [-0.3, -0.25) is 9.59 Å². The summed E-state index contributed by atoms with van der Waals surface area (Å²) >= 11 is 0. The molecule has 1 aliphatic heterocycles. The molecule has 0 unspecified atom stereocenters. The maximum absolute atomic E-state index is 12.6. The second-order valence-electron chi connectivity index (χ2n) is 5.12. The number of aliphatic hydroxyl groups is 1. The minimum Gasteiger partial charge on any atom is -0.469 e. The number of esters is 1. The van der Waals surface area contributed by atoms with E-state index in [0.717, 1.165) is 12.8 Å². The van der Waals surface area contributed by atoms with Crippen LogP contribution < -0.4 is 0 Å². The van der Waals surface area contributed by atoms with Crippen molar-refractivity contribution in [2.45, 2.75) is 25.3 Å². The molecule has 1 saturated heterocycles. The Morgan fingerprint density at radius 2 is 2.27 bits per heavy atom. The lowest BCUT2D eigenvalue weighted by Crippen LogP contribution is -2.37. The van der Waals surface area contributed by atoms with E-state index in [-0.39, 0.29) is 30.9 Å². The highest BCUT2D eigenvalue weighted by atomic mass is 16.5. The first-order valence-electron chi connectivity index (χ1n) is 7.23. The van der Waals surface area contributed by atoms with Gasteiger partial charge in [0.1, 0.15) is 6.61 Å². The Morgan fingerprint density at radius 1 is 1.45 bits per heavy atom. The van der Waals surface area contributed by atoms with Crippen LogP contribution >= 0.6 is 0 Å². The van der Waals surface area contributed by atoms with Crippen LogP contribution in [0.15, 0.2) is 24.3 Å². The van der Waals surface area contributed by atoms with Crippen molar-refractivity contribution in [3.63, 3.8) is 0 Å². The van der Waals surface area contributed by atoms with Crippen LogP contribution in [0, 0.1) is 11.8 Å². The number of hydrogen-bond acceptors (Lipinski definition) is 4. The third-order valence-electron chi connectivity index (χ3n) is 3.69. The van der Waals surface area contributed by atoms with E-state index in [2.05, 4.69) is 11.8 Å². The highest BCUT2D eigenvalue weighted by molar-refractivity contribution is 5.95. The Kier molecular flexibility index (Phi) is 5.56. The molecular formula is C17H19NO4. The van der Waals surface area contributed by atoms with E-state index in [1.807, 2.05) is 0 Å². The van der Waals surface area contributed by atoms with Crippen LogP contribution in [0.5, 0.6) is 0 Å². The average molecular weight is 301 g/mol. The fourth-order valence-corrected chi connectivity index (χ4v) is 2.63. The van der Waals surface area contributed by atoms with Crippen LogP contribution in [0.25, 0.3) is 0 Å². The molecule has 1 atom stereocenters. The van der Waals surface area contributed by atoms with Gasteiger partial charge in [-0.2, -0.15) is 0 Å². The quantitative estimate of drug-likeness (QED) is 0.673. The van der Waals surface area contributed by atoms with Gasteiger partial charge in [-0.1, -0.05) is 17.9 Å². The number of benzene rings is 1. The monoisotopic (exact) mass is 301 g/mol. The zero-order valence-electron chi connectivity index (χ0n) is 12.5. The molecule has 1 aliphatic rings. The van der Waals surface area contributed by atoms with Crippen LogP contribution in [-0.4, -0.2) is 48.2 Å². The summed E-state index contributed by atoms with van der Waals surface area (Å²) < 4.78 is 4.69. The topological polar surface area (TPSA) is 66.8 Å². The maximum Gasteiger partial charge on any atom is 0.307 e. The molecule has 116 valence electrons. The van der Waals surface area contributed by atoms with E-state index < -0.39 is 0 Å². The summed E-state index contributed by atoms with van der Waals surface area (Å²) in [6.07, 6.45) is 1.93. The minimum absolute atomic E-state index is 0.0981. The van der Waals surface area contributed by atoms with Gasteiger partial charge in [-0.05, 0) is 31.0 Å². The second kappa shape index (κ2) is 7.62. The number of likely N-dealkylation sites (tertiary alicyclic amines) is 1. The van der Waals surface area contributed by atoms with E-state index in [1.165, 1.54) is 7.11 Å². The number of rotatable bonds is 3. The molecular weight excluding hydrogens is 282 g/mol. The number of amides is 1. The van der Waals surface area contributed by atoms with Crippen LogP contribution in [-0.2, 0) is 9.53 Å². The second-order valence-corrected chi connectivity index (χ2v) is 5.12. The van der Waals surface area contributed by atoms with Crippen LogP contribution in [0.2, 0.25) is 0 Å². The van der Waals surface area contributed by atoms with Gasteiger partial charge in [-0.15, -0.1) is 0 Å². The lowest BCUT2D eigenvalue weighted by Gasteiger charge is -2.24. The number of carbonyl (C=O) groups is 2. The third-order valence-corrected chi connectivity index (χ3v) is 3.69. The molecule has 2 rings (SSSR count). The smallest absolute Gasteiger partial charge is 0.307 e. The Labute approximate surface area is 129 Å².